The predicted molar refractivity (Wildman–Crippen MR) is 79.0 cm³/mol. The van der Waals surface area contributed by atoms with E-state index in [2.05, 4.69) is 21.2 Å². The monoisotopic (exact) mass is 332 g/mol. The van der Waals surface area contributed by atoms with Crippen molar-refractivity contribution in [3.8, 4) is 0 Å². The van der Waals surface area contributed by atoms with Gasteiger partial charge in [-0.1, -0.05) is 25.4 Å². The highest BCUT2D eigenvalue weighted by molar-refractivity contribution is 9.10. The Bertz CT molecular complexity index is 425. The number of nitrogens with two attached hydrogens (primary N) is 1. The fraction of sp³-hybridized carbons (Fsp3) is 0.462. The molecule has 0 fully saturated rings. The maximum absolute atomic E-state index is 12.3. The Kier molecular flexibility index (Phi) is 5.63. The van der Waals surface area contributed by atoms with Crippen LogP contribution in [0.2, 0.25) is 5.02 Å². The van der Waals surface area contributed by atoms with Crippen LogP contribution in [0.5, 0.6) is 0 Å². The van der Waals surface area contributed by atoms with Crippen molar-refractivity contribution in [3.63, 3.8) is 0 Å². The molecule has 1 amide bonds. The number of nitrogens with one attached hydrogen (secondary N) is 1. The van der Waals surface area contributed by atoms with Crippen molar-refractivity contribution in [3.05, 3.63) is 33.3 Å². The SMILES string of the molecule is CCC(CC)(CN)NC(=O)c1cc(Cl)ccc1Br. The average Bonchev–Trinajstić information content (AvgIpc) is 2.38. The first-order chi connectivity index (χ1) is 8.48. The lowest BCUT2D eigenvalue weighted by Gasteiger charge is -2.31. The molecule has 100 valence electrons. The van der Waals surface area contributed by atoms with Crippen LogP contribution < -0.4 is 11.1 Å². The van der Waals surface area contributed by atoms with Crippen LogP contribution in [0.3, 0.4) is 0 Å². The van der Waals surface area contributed by atoms with Gasteiger partial charge < -0.3 is 11.1 Å². The van der Waals surface area contributed by atoms with Crippen LogP contribution in [0, 0.1) is 0 Å². The Hall–Kier alpha value is -0.580. The van der Waals surface area contributed by atoms with Crippen molar-refractivity contribution in [2.24, 2.45) is 5.73 Å². The second kappa shape index (κ2) is 6.55. The smallest absolute Gasteiger partial charge is 0.252 e. The third-order valence-electron chi connectivity index (χ3n) is 3.30. The molecule has 1 rings (SSSR count). The summed E-state index contributed by atoms with van der Waals surface area (Å²) in [6, 6.07) is 5.14. The molecular formula is C13H18BrClN2O. The largest absolute Gasteiger partial charge is 0.345 e. The second-order valence-corrected chi connectivity index (χ2v) is 5.56. The van der Waals surface area contributed by atoms with Gasteiger partial charge in [0.1, 0.15) is 0 Å². The van der Waals surface area contributed by atoms with Gasteiger partial charge in [-0.05, 0) is 47.0 Å². The van der Waals surface area contributed by atoms with Crippen LogP contribution >= 0.6 is 27.5 Å². The van der Waals surface area contributed by atoms with Crippen LogP contribution in [0.15, 0.2) is 22.7 Å². The van der Waals surface area contributed by atoms with E-state index in [-0.39, 0.29) is 11.4 Å². The van der Waals surface area contributed by atoms with Crippen molar-refractivity contribution in [1.29, 1.82) is 0 Å². The maximum Gasteiger partial charge on any atom is 0.252 e. The minimum atomic E-state index is -0.348. The van der Waals surface area contributed by atoms with Crippen LogP contribution in [-0.2, 0) is 0 Å². The molecule has 0 bridgehead atoms. The minimum absolute atomic E-state index is 0.154. The summed E-state index contributed by atoms with van der Waals surface area (Å²) in [7, 11) is 0. The summed E-state index contributed by atoms with van der Waals surface area (Å²) in [6.45, 7) is 4.46. The van der Waals surface area contributed by atoms with Gasteiger partial charge >= 0.3 is 0 Å². The molecule has 0 saturated heterocycles. The third-order valence-corrected chi connectivity index (χ3v) is 4.22. The summed E-state index contributed by atoms with van der Waals surface area (Å²) in [5.41, 5.74) is 5.95. The number of hydrogen-bond acceptors (Lipinski definition) is 2. The van der Waals surface area contributed by atoms with E-state index in [0.717, 1.165) is 17.3 Å². The molecule has 3 N–H and O–H groups in total. The highest BCUT2D eigenvalue weighted by atomic mass is 79.9. The van der Waals surface area contributed by atoms with Gasteiger partial charge in [-0.2, -0.15) is 0 Å². The van der Waals surface area contributed by atoms with Gasteiger partial charge in [0, 0.05) is 16.0 Å². The Morgan fingerprint density at radius 2 is 2.06 bits per heavy atom. The molecular weight excluding hydrogens is 316 g/mol. The van der Waals surface area contributed by atoms with Crippen molar-refractivity contribution in [2.75, 3.05) is 6.54 Å². The lowest BCUT2D eigenvalue weighted by Crippen LogP contribution is -2.52. The zero-order valence-corrected chi connectivity index (χ0v) is 12.9. The van der Waals surface area contributed by atoms with Crippen LogP contribution in [-0.4, -0.2) is 18.0 Å². The third kappa shape index (κ3) is 3.46. The molecule has 0 radical (unpaired) electrons. The van der Waals surface area contributed by atoms with Gasteiger partial charge in [-0.3, -0.25) is 4.79 Å². The number of amides is 1. The quantitative estimate of drug-likeness (QED) is 0.868. The van der Waals surface area contributed by atoms with Gasteiger partial charge in [0.05, 0.1) is 11.1 Å². The van der Waals surface area contributed by atoms with Crippen molar-refractivity contribution in [1.82, 2.24) is 5.32 Å². The molecule has 0 saturated carbocycles. The molecule has 1 aromatic carbocycles. The summed E-state index contributed by atoms with van der Waals surface area (Å²) in [4.78, 5) is 12.3. The molecule has 3 nitrogen and oxygen atoms in total. The van der Waals surface area contributed by atoms with E-state index >= 15 is 0 Å². The lowest BCUT2D eigenvalue weighted by atomic mass is 9.92. The van der Waals surface area contributed by atoms with E-state index in [1.807, 2.05) is 13.8 Å². The molecule has 0 aliphatic heterocycles. The zero-order valence-electron chi connectivity index (χ0n) is 10.6. The minimum Gasteiger partial charge on any atom is -0.345 e. The molecule has 1 aromatic rings. The number of hydrogen-bond donors (Lipinski definition) is 2. The number of halogens is 2. The van der Waals surface area contributed by atoms with Gasteiger partial charge in [-0.25, -0.2) is 0 Å². The molecule has 0 unspecified atom stereocenters. The number of benzene rings is 1. The van der Waals surface area contributed by atoms with Gasteiger partial charge in [0.15, 0.2) is 0 Å². The lowest BCUT2D eigenvalue weighted by molar-refractivity contribution is 0.0894. The topological polar surface area (TPSA) is 55.1 Å². The fourth-order valence-corrected chi connectivity index (χ4v) is 2.34. The summed E-state index contributed by atoms with van der Waals surface area (Å²) in [5.74, 6) is -0.154. The molecule has 5 heteroatoms. The van der Waals surface area contributed by atoms with Crippen LogP contribution in [0.1, 0.15) is 37.0 Å². The van der Waals surface area contributed by atoms with Crippen LogP contribution in [0.25, 0.3) is 0 Å². The van der Waals surface area contributed by atoms with E-state index in [9.17, 15) is 4.79 Å². The first-order valence-electron chi connectivity index (χ1n) is 5.95. The van der Waals surface area contributed by atoms with E-state index in [0.29, 0.717) is 17.1 Å². The molecule has 0 aromatic heterocycles. The van der Waals surface area contributed by atoms with Gasteiger partial charge in [-0.15, -0.1) is 0 Å². The Morgan fingerprint density at radius 3 is 2.56 bits per heavy atom. The van der Waals surface area contributed by atoms with Gasteiger partial charge in [0.25, 0.3) is 5.91 Å². The molecule has 0 atom stereocenters. The summed E-state index contributed by atoms with van der Waals surface area (Å²) >= 11 is 9.26. The van der Waals surface area contributed by atoms with E-state index in [1.54, 1.807) is 18.2 Å². The molecule has 18 heavy (non-hydrogen) atoms. The first-order valence-corrected chi connectivity index (χ1v) is 7.12. The summed E-state index contributed by atoms with van der Waals surface area (Å²) in [6.07, 6.45) is 1.59. The van der Waals surface area contributed by atoms with Crippen molar-refractivity contribution in [2.45, 2.75) is 32.2 Å². The first kappa shape index (κ1) is 15.5. The molecule has 0 aliphatic carbocycles. The summed E-state index contributed by atoms with van der Waals surface area (Å²) in [5, 5.41) is 3.55. The predicted octanol–water partition coefficient (Wildman–Crippen LogP) is 3.35. The van der Waals surface area contributed by atoms with Crippen molar-refractivity contribution < 1.29 is 4.79 Å². The molecule has 0 heterocycles. The number of carbonyl (C=O) groups excluding carboxylic acids is 1. The Balaban J connectivity index is 2.97. The van der Waals surface area contributed by atoms with E-state index in [4.69, 9.17) is 17.3 Å². The summed E-state index contributed by atoms with van der Waals surface area (Å²) < 4.78 is 0.725. The highest BCUT2D eigenvalue weighted by Gasteiger charge is 2.27. The normalized spacial score (nSPS) is 11.4. The number of carbonyl (C=O) groups is 1. The number of rotatable bonds is 5. The standard InChI is InChI=1S/C13H18BrClN2O/c1-3-13(4-2,8-16)17-12(18)10-7-9(15)5-6-11(10)14/h5-7H,3-4,8,16H2,1-2H3,(H,17,18). The maximum atomic E-state index is 12.3. The van der Waals surface area contributed by atoms with E-state index in [1.165, 1.54) is 0 Å². The fourth-order valence-electron chi connectivity index (χ4n) is 1.75. The highest BCUT2D eigenvalue weighted by Crippen LogP contribution is 2.22. The van der Waals surface area contributed by atoms with E-state index < -0.39 is 0 Å². The molecule has 0 spiro atoms. The average molecular weight is 334 g/mol. The molecule has 0 aliphatic rings. The van der Waals surface area contributed by atoms with Gasteiger partial charge in [0.2, 0.25) is 0 Å². The van der Waals surface area contributed by atoms with Crippen LogP contribution in [0.4, 0.5) is 0 Å². The Labute approximate surface area is 121 Å². The Morgan fingerprint density at radius 1 is 1.44 bits per heavy atom. The zero-order chi connectivity index (χ0) is 13.8. The second-order valence-electron chi connectivity index (χ2n) is 4.27. The van der Waals surface area contributed by atoms with Crippen molar-refractivity contribution >= 4 is 33.4 Å².